The first-order valence-corrected chi connectivity index (χ1v) is 9.59. The second-order valence-electron chi connectivity index (χ2n) is 6.80. The second-order valence-corrected chi connectivity index (χ2v) is 6.80. The summed E-state index contributed by atoms with van der Waals surface area (Å²) in [5, 5.41) is 9.67. The first-order valence-electron chi connectivity index (χ1n) is 9.59. The first kappa shape index (κ1) is 19.3. The van der Waals surface area contributed by atoms with Crippen LogP contribution in [-0.2, 0) is 0 Å². The number of phenolic OH excluding ortho intramolecular Hbond substituents is 1. The number of amides is 1. The van der Waals surface area contributed by atoms with E-state index < -0.39 is 0 Å². The maximum absolute atomic E-state index is 13.4. The minimum absolute atomic E-state index is 0.148. The third-order valence-corrected chi connectivity index (χ3v) is 4.88. The van der Waals surface area contributed by atoms with E-state index in [1.165, 1.54) is 0 Å². The minimum Gasteiger partial charge on any atom is -0.508 e. The van der Waals surface area contributed by atoms with Gasteiger partial charge in [0.05, 0.1) is 7.11 Å². The molecule has 4 aromatic carbocycles. The summed E-state index contributed by atoms with van der Waals surface area (Å²) in [5.74, 6) is 0.667. The number of nitrogens with zero attached hydrogens (tertiary/aromatic N) is 1. The maximum Gasteiger partial charge on any atom is 0.262 e. The number of hydrogen-bond donors (Lipinski definition) is 1. The first-order chi connectivity index (χ1) is 14.7. The molecular weight excluding hydrogens is 374 g/mol. The fourth-order valence-electron chi connectivity index (χ4n) is 3.28. The van der Waals surface area contributed by atoms with Crippen LogP contribution in [0.2, 0.25) is 0 Å². The van der Waals surface area contributed by atoms with Crippen LogP contribution in [0.1, 0.15) is 10.4 Å². The van der Waals surface area contributed by atoms with Crippen LogP contribution in [0.3, 0.4) is 0 Å². The molecule has 148 valence electrons. The van der Waals surface area contributed by atoms with Gasteiger partial charge in [-0.15, -0.1) is 0 Å². The topological polar surface area (TPSA) is 49.8 Å². The number of ether oxygens (including phenoxy) is 1. The molecule has 1 amide bonds. The number of benzene rings is 4. The molecule has 0 fully saturated rings. The van der Waals surface area contributed by atoms with Crippen molar-refractivity contribution in [2.24, 2.45) is 0 Å². The third kappa shape index (κ3) is 4.03. The molecule has 0 bridgehead atoms. The Morgan fingerprint density at radius 3 is 1.80 bits per heavy atom. The Labute approximate surface area is 175 Å². The van der Waals surface area contributed by atoms with Crippen LogP contribution in [0.4, 0.5) is 11.4 Å². The molecule has 30 heavy (non-hydrogen) atoms. The molecule has 1 N–H and O–H groups in total. The lowest BCUT2D eigenvalue weighted by atomic mass is 10.0. The molecule has 4 nitrogen and oxygen atoms in total. The van der Waals surface area contributed by atoms with Gasteiger partial charge in [-0.05, 0) is 71.8 Å². The summed E-state index contributed by atoms with van der Waals surface area (Å²) in [6, 6.07) is 31.5. The molecule has 4 rings (SSSR count). The quantitative estimate of drug-likeness (QED) is 0.448. The zero-order valence-electron chi connectivity index (χ0n) is 16.5. The van der Waals surface area contributed by atoms with Gasteiger partial charge in [-0.25, -0.2) is 0 Å². The highest BCUT2D eigenvalue weighted by atomic mass is 16.5. The number of carbonyl (C=O) groups excluding carboxylic acids is 1. The van der Waals surface area contributed by atoms with E-state index in [4.69, 9.17) is 4.74 Å². The van der Waals surface area contributed by atoms with Gasteiger partial charge in [0.15, 0.2) is 0 Å². The fraction of sp³-hybridized carbons (Fsp3) is 0.0385. The van der Waals surface area contributed by atoms with Crippen molar-refractivity contribution >= 4 is 17.3 Å². The number of anilines is 2. The van der Waals surface area contributed by atoms with E-state index in [1.54, 1.807) is 60.5 Å². The molecule has 0 radical (unpaired) electrons. The van der Waals surface area contributed by atoms with Gasteiger partial charge in [0.25, 0.3) is 5.91 Å². The second kappa shape index (κ2) is 8.53. The van der Waals surface area contributed by atoms with E-state index in [9.17, 15) is 9.90 Å². The fourth-order valence-corrected chi connectivity index (χ4v) is 3.28. The van der Waals surface area contributed by atoms with Crippen molar-refractivity contribution in [2.45, 2.75) is 0 Å². The molecule has 0 aliphatic heterocycles. The van der Waals surface area contributed by atoms with Crippen molar-refractivity contribution in [3.05, 3.63) is 109 Å². The number of rotatable bonds is 5. The molecule has 0 saturated heterocycles. The van der Waals surface area contributed by atoms with Crippen molar-refractivity contribution in [1.82, 2.24) is 0 Å². The zero-order chi connectivity index (χ0) is 20.9. The van der Waals surface area contributed by atoms with E-state index in [2.05, 4.69) is 12.1 Å². The Morgan fingerprint density at radius 1 is 0.700 bits per heavy atom. The molecule has 0 unspecified atom stereocenters. The number of methoxy groups -OCH3 is 1. The van der Waals surface area contributed by atoms with E-state index in [0.717, 1.165) is 16.8 Å². The Hall–Kier alpha value is -4.05. The van der Waals surface area contributed by atoms with Crippen LogP contribution in [0.25, 0.3) is 11.1 Å². The highest BCUT2D eigenvalue weighted by Crippen LogP contribution is 2.31. The number of carbonyl (C=O) groups is 1. The summed E-state index contributed by atoms with van der Waals surface area (Å²) < 4.78 is 5.19. The van der Waals surface area contributed by atoms with E-state index in [1.807, 2.05) is 42.5 Å². The Bertz CT molecular complexity index is 1120. The SMILES string of the molecule is COc1ccc(C(=O)N(c2ccc(O)cc2)c2ccc(-c3ccccc3)cc2)cc1. The van der Waals surface area contributed by atoms with E-state index in [-0.39, 0.29) is 11.7 Å². The van der Waals surface area contributed by atoms with Gasteiger partial charge in [0.1, 0.15) is 11.5 Å². The van der Waals surface area contributed by atoms with Gasteiger partial charge in [0, 0.05) is 16.9 Å². The van der Waals surface area contributed by atoms with Crippen LogP contribution in [-0.4, -0.2) is 18.1 Å². The smallest absolute Gasteiger partial charge is 0.262 e. The Morgan fingerprint density at radius 2 is 1.23 bits per heavy atom. The summed E-state index contributed by atoms with van der Waals surface area (Å²) in [6.45, 7) is 0. The van der Waals surface area contributed by atoms with Gasteiger partial charge >= 0.3 is 0 Å². The zero-order valence-corrected chi connectivity index (χ0v) is 16.5. The van der Waals surface area contributed by atoms with Crippen molar-refractivity contribution in [3.8, 4) is 22.6 Å². The van der Waals surface area contributed by atoms with E-state index >= 15 is 0 Å². The lowest BCUT2D eigenvalue weighted by molar-refractivity contribution is 0.0999. The van der Waals surface area contributed by atoms with Crippen LogP contribution < -0.4 is 9.64 Å². The van der Waals surface area contributed by atoms with Gasteiger partial charge in [-0.1, -0.05) is 42.5 Å². The van der Waals surface area contributed by atoms with Crippen molar-refractivity contribution < 1.29 is 14.6 Å². The van der Waals surface area contributed by atoms with Gasteiger partial charge in [0.2, 0.25) is 0 Å². The third-order valence-electron chi connectivity index (χ3n) is 4.88. The maximum atomic E-state index is 13.4. The summed E-state index contributed by atoms with van der Waals surface area (Å²) >= 11 is 0. The van der Waals surface area contributed by atoms with Crippen LogP contribution >= 0.6 is 0 Å². The summed E-state index contributed by atoms with van der Waals surface area (Å²) in [5.41, 5.74) is 4.13. The van der Waals surface area contributed by atoms with E-state index in [0.29, 0.717) is 17.0 Å². The number of hydrogen-bond acceptors (Lipinski definition) is 3. The average Bonchev–Trinajstić information content (AvgIpc) is 2.81. The van der Waals surface area contributed by atoms with Crippen LogP contribution in [0.5, 0.6) is 11.5 Å². The summed E-state index contributed by atoms with van der Waals surface area (Å²) in [4.78, 5) is 15.0. The van der Waals surface area contributed by atoms with Crippen LogP contribution in [0.15, 0.2) is 103 Å². The lowest BCUT2D eigenvalue weighted by Crippen LogP contribution is -2.25. The molecule has 4 heteroatoms. The van der Waals surface area contributed by atoms with Gasteiger partial charge in [-0.3, -0.25) is 9.69 Å². The summed E-state index contributed by atoms with van der Waals surface area (Å²) in [7, 11) is 1.59. The molecular formula is C26H21NO3. The molecule has 4 aromatic rings. The molecule has 0 atom stereocenters. The molecule has 0 aromatic heterocycles. The van der Waals surface area contributed by atoms with Crippen molar-refractivity contribution in [3.63, 3.8) is 0 Å². The van der Waals surface area contributed by atoms with Crippen molar-refractivity contribution in [1.29, 1.82) is 0 Å². The van der Waals surface area contributed by atoms with Crippen LogP contribution in [0, 0.1) is 0 Å². The van der Waals surface area contributed by atoms with Crippen molar-refractivity contribution in [2.75, 3.05) is 12.0 Å². The predicted octanol–water partition coefficient (Wildman–Crippen LogP) is 6.05. The standard InChI is InChI=1S/C26H21NO3/c1-30-25-17-9-21(10-18-25)26(29)27(23-13-15-24(28)16-14-23)22-11-7-20(8-12-22)19-5-3-2-4-6-19/h2-18,28H,1H3. The molecule has 0 aliphatic rings. The van der Waals surface area contributed by atoms with Gasteiger partial charge < -0.3 is 9.84 Å². The molecule has 0 saturated carbocycles. The lowest BCUT2D eigenvalue weighted by Gasteiger charge is -2.23. The predicted molar refractivity (Wildman–Crippen MR) is 119 cm³/mol. The molecule has 0 heterocycles. The highest BCUT2D eigenvalue weighted by molar-refractivity contribution is 6.11. The number of aromatic hydroxyl groups is 1. The highest BCUT2D eigenvalue weighted by Gasteiger charge is 2.20. The average molecular weight is 395 g/mol. The van der Waals surface area contributed by atoms with Gasteiger partial charge in [-0.2, -0.15) is 0 Å². The Kier molecular flexibility index (Phi) is 5.48. The monoisotopic (exact) mass is 395 g/mol. The minimum atomic E-state index is -0.171. The Balaban J connectivity index is 1.73. The number of phenols is 1. The molecule has 0 spiro atoms. The summed E-state index contributed by atoms with van der Waals surface area (Å²) in [6.07, 6.45) is 0. The largest absolute Gasteiger partial charge is 0.508 e. The normalized spacial score (nSPS) is 10.4. The molecule has 0 aliphatic carbocycles.